The number of rotatable bonds is 5. The Kier molecular flexibility index (Phi) is 4.75. The monoisotopic (exact) mass is 363 g/mol. The van der Waals surface area contributed by atoms with Crippen LogP contribution >= 0.6 is 11.8 Å². The quantitative estimate of drug-likeness (QED) is 0.369. The highest BCUT2D eigenvalue weighted by Crippen LogP contribution is 2.35. The second kappa shape index (κ2) is 6.98. The van der Waals surface area contributed by atoms with Gasteiger partial charge in [0.1, 0.15) is 0 Å². The molecule has 0 aliphatic heterocycles. The van der Waals surface area contributed by atoms with Crippen molar-refractivity contribution in [2.45, 2.75) is 17.1 Å². The highest BCUT2D eigenvalue weighted by Gasteiger charge is 2.17. The molecule has 0 spiro atoms. The summed E-state index contributed by atoms with van der Waals surface area (Å²) in [6, 6.07) is 9.35. The van der Waals surface area contributed by atoms with Crippen molar-refractivity contribution < 1.29 is 18.1 Å². The molecule has 0 fully saturated rings. The van der Waals surface area contributed by atoms with Crippen LogP contribution in [0.25, 0.3) is 11.5 Å². The molecular formula is C16H11F2N3O3S. The third-order valence-electron chi connectivity index (χ3n) is 3.32. The fraction of sp³-hybridized carbons (Fsp3) is 0.125. The highest BCUT2D eigenvalue weighted by molar-refractivity contribution is 7.99. The summed E-state index contributed by atoms with van der Waals surface area (Å²) in [6.45, 7) is 1.79. The maximum atomic E-state index is 13.3. The Morgan fingerprint density at radius 3 is 2.48 bits per heavy atom. The molecule has 1 heterocycles. The lowest BCUT2D eigenvalue weighted by molar-refractivity contribution is -0.384. The van der Waals surface area contributed by atoms with E-state index in [4.69, 9.17) is 4.42 Å². The molecule has 0 saturated carbocycles. The largest absolute Gasteiger partial charge is 0.419 e. The molecule has 0 bridgehead atoms. The van der Waals surface area contributed by atoms with E-state index < -0.39 is 16.6 Å². The lowest BCUT2D eigenvalue weighted by atomic mass is 10.2. The van der Waals surface area contributed by atoms with Crippen molar-refractivity contribution in [1.29, 1.82) is 0 Å². The first-order chi connectivity index (χ1) is 11.9. The number of nitro benzene ring substituents is 1. The van der Waals surface area contributed by atoms with Gasteiger partial charge in [0.15, 0.2) is 11.6 Å². The molecule has 1 unspecified atom stereocenters. The Hall–Kier alpha value is -2.81. The smallest absolute Gasteiger partial charge is 0.269 e. The van der Waals surface area contributed by atoms with Crippen LogP contribution in [-0.2, 0) is 0 Å². The van der Waals surface area contributed by atoms with Gasteiger partial charge < -0.3 is 4.42 Å². The molecule has 0 amide bonds. The summed E-state index contributed by atoms with van der Waals surface area (Å²) < 4.78 is 31.8. The summed E-state index contributed by atoms with van der Waals surface area (Å²) in [7, 11) is 0. The van der Waals surface area contributed by atoms with E-state index in [9.17, 15) is 18.9 Å². The summed E-state index contributed by atoms with van der Waals surface area (Å²) in [5.41, 5.74) is 0.514. The van der Waals surface area contributed by atoms with E-state index in [2.05, 4.69) is 10.2 Å². The average molecular weight is 363 g/mol. The molecule has 0 N–H and O–H groups in total. The highest BCUT2D eigenvalue weighted by atomic mass is 32.2. The van der Waals surface area contributed by atoms with Crippen LogP contribution in [0.4, 0.5) is 14.5 Å². The van der Waals surface area contributed by atoms with Gasteiger partial charge in [0, 0.05) is 22.6 Å². The van der Waals surface area contributed by atoms with Crippen molar-refractivity contribution in [1.82, 2.24) is 10.2 Å². The van der Waals surface area contributed by atoms with Crippen LogP contribution in [0.1, 0.15) is 18.1 Å². The molecule has 128 valence electrons. The van der Waals surface area contributed by atoms with Crippen LogP contribution in [0, 0.1) is 21.7 Å². The summed E-state index contributed by atoms with van der Waals surface area (Å²) in [5, 5.41) is 18.2. The lowest BCUT2D eigenvalue weighted by Crippen LogP contribution is -1.90. The van der Waals surface area contributed by atoms with Gasteiger partial charge >= 0.3 is 0 Å². The van der Waals surface area contributed by atoms with Crippen LogP contribution < -0.4 is 0 Å². The fourth-order valence-corrected chi connectivity index (χ4v) is 2.97. The van der Waals surface area contributed by atoms with Crippen LogP contribution in [0.15, 0.2) is 51.8 Å². The van der Waals surface area contributed by atoms with E-state index in [-0.39, 0.29) is 16.8 Å². The van der Waals surface area contributed by atoms with Gasteiger partial charge in [0.2, 0.25) is 11.8 Å². The number of aromatic nitrogens is 2. The molecular weight excluding hydrogens is 352 g/mol. The third-order valence-corrected chi connectivity index (χ3v) is 4.40. The summed E-state index contributed by atoms with van der Waals surface area (Å²) in [4.78, 5) is 10.7. The summed E-state index contributed by atoms with van der Waals surface area (Å²) >= 11 is 1.24. The Balaban J connectivity index is 1.75. The van der Waals surface area contributed by atoms with Crippen molar-refractivity contribution in [3.63, 3.8) is 0 Å². The zero-order valence-electron chi connectivity index (χ0n) is 12.8. The number of nitro groups is 1. The van der Waals surface area contributed by atoms with Crippen LogP contribution in [0.3, 0.4) is 0 Å². The van der Waals surface area contributed by atoms with Gasteiger partial charge in [-0.05, 0) is 37.3 Å². The zero-order valence-corrected chi connectivity index (χ0v) is 13.7. The Morgan fingerprint density at radius 2 is 1.84 bits per heavy atom. The molecule has 6 nitrogen and oxygen atoms in total. The van der Waals surface area contributed by atoms with Gasteiger partial charge in [-0.25, -0.2) is 8.78 Å². The molecule has 0 saturated heterocycles. The van der Waals surface area contributed by atoms with Gasteiger partial charge in [0.05, 0.1) is 10.2 Å². The number of thioether (sulfide) groups is 1. The van der Waals surface area contributed by atoms with E-state index in [0.717, 1.165) is 12.1 Å². The molecule has 0 aliphatic rings. The molecule has 3 aromatic rings. The van der Waals surface area contributed by atoms with Crippen molar-refractivity contribution >= 4 is 17.4 Å². The van der Waals surface area contributed by atoms with E-state index in [1.54, 1.807) is 6.92 Å². The number of hydrogen-bond donors (Lipinski definition) is 0. The number of halogens is 2. The molecule has 1 aromatic heterocycles. The number of benzene rings is 2. The lowest BCUT2D eigenvalue weighted by Gasteiger charge is -2.06. The topological polar surface area (TPSA) is 82.1 Å². The molecule has 0 radical (unpaired) electrons. The van der Waals surface area contributed by atoms with Crippen molar-refractivity contribution in [3.8, 4) is 11.5 Å². The molecule has 9 heteroatoms. The van der Waals surface area contributed by atoms with Gasteiger partial charge in [0.25, 0.3) is 5.69 Å². The fourth-order valence-electron chi connectivity index (χ4n) is 2.05. The minimum Gasteiger partial charge on any atom is -0.419 e. The maximum Gasteiger partial charge on any atom is 0.269 e. The Labute approximate surface area is 145 Å². The normalized spacial score (nSPS) is 12.1. The first-order valence-corrected chi connectivity index (χ1v) is 8.02. The van der Waals surface area contributed by atoms with E-state index >= 15 is 0 Å². The predicted molar refractivity (Wildman–Crippen MR) is 87.0 cm³/mol. The van der Waals surface area contributed by atoms with Gasteiger partial charge in [-0.2, -0.15) is 0 Å². The van der Waals surface area contributed by atoms with Crippen molar-refractivity contribution in [2.75, 3.05) is 0 Å². The number of nitrogens with zero attached hydrogens (tertiary/aromatic N) is 3. The number of non-ortho nitro benzene ring substituents is 1. The minimum absolute atomic E-state index is 0.0363. The van der Waals surface area contributed by atoms with E-state index in [1.807, 2.05) is 0 Å². The van der Waals surface area contributed by atoms with Crippen LogP contribution in [0.5, 0.6) is 0 Å². The second-order valence-corrected chi connectivity index (χ2v) is 6.50. The Morgan fingerprint density at radius 1 is 1.12 bits per heavy atom. The summed E-state index contributed by atoms with van der Waals surface area (Å²) in [6.07, 6.45) is 0. The average Bonchev–Trinajstić information content (AvgIpc) is 3.08. The minimum atomic E-state index is -0.922. The standard InChI is InChI=1S/C16H11F2N3O3S/c1-9(25-12-6-7-13(17)14(18)8-12)15-19-20-16(24-15)10-2-4-11(5-3-10)21(22)23/h2-9H,1H3. The summed E-state index contributed by atoms with van der Waals surface area (Å²) in [5.74, 6) is -1.30. The maximum absolute atomic E-state index is 13.3. The van der Waals surface area contributed by atoms with Gasteiger partial charge in [-0.15, -0.1) is 22.0 Å². The van der Waals surface area contributed by atoms with Crippen LogP contribution in [-0.4, -0.2) is 15.1 Å². The Bertz CT molecular complexity index is 915. The second-order valence-electron chi connectivity index (χ2n) is 5.09. The number of hydrogen-bond acceptors (Lipinski definition) is 6. The molecule has 0 aliphatic carbocycles. The van der Waals surface area contributed by atoms with Gasteiger partial charge in [-0.1, -0.05) is 0 Å². The predicted octanol–water partition coefficient (Wildman–Crippen LogP) is 4.78. The molecule has 3 rings (SSSR count). The van der Waals surface area contributed by atoms with Crippen molar-refractivity contribution in [3.05, 3.63) is 70.1 Å². The zero-order chi connectivity index (χ0) is 18.0. The molecule has 2 aromatic carbocycles. The third kappa shape index (κ3) is 3.82. The molecule has 1 atom stereocenters. The van der Waals surface area contributed by atoms with Crippen LogP contribution in [0.2, 0.25) is 0 Å². The first kappa shape index (κ1) is 17.0. The van der Waals surface area contributed by atoms with Crippen molar-refractivity contribution in [2.24, 2.45) is 0 Å². The van der Waals surface area contributed by atoms with Gasteiger partial charge in [-0.3, -0.25) is 10.1 Å². The SMILES string of the molecule is CC(Sc1ccc(F)c(F)c1)c1nnc(-c2ccc([N+](=O)[O-])cc2)o1. The molecule has 25 heavy (non-hydrogen) atoms. The van der Waals surface area contributed by atoms with E-state index in [0.29, 0.717) is 16.3 Å². The van der Waals surface area contributed by atoms with E-state index in [1.165, 1.54) is 42.1 Å². The first-order valence-electron chi connectivity index (χ1n) is 7.14.